The summed E-state index contributed by atoms with van der Waals surface area (Å²) in [4.78, 5) is 1.93. The predicted molar refractivity (Wildman–Crippen MR) is 153 cm³/mol. The number of piperidine rings is 1. The number of fused-ring (bicyclic) bond motifs is 1. The Kier molecular flexibility index (Phi) is 9.19. The average Bonchev–Trinajstić information content (AvgIpc) is 3.46. The number of sulfonamides is 1. The quantitative estimate of drug-likeness (QED) is 0.256. The van der Waals surface area contributed by atoms with Crippen molar-refractivity contribution in [2.24, 2.45) is 0 Å². The number of nitriles is 1. The molecule has 2 aliphatic heterocycles. The monoisotopic (exact) mass is 598 g/mol. The number of benzene rings is 2. The molecule has 4 N–H and O–H groups in total. The third-order valence-corrected chi connectivity index (χ3v) is 8.88. The zero-order valence-corrected chi connectivity index (χ0v) is 23.9. The Bertz CT molecular complexity index is 1580. The lowest BCUT2D eigenvalue weighted by atomic mass is 9.99. The molecule has 42 heavy (non-hydrogen) atoms. The van der Waals surface area contributed by atoms with Gasteiger partial charge in [0.1, 0.15) is 30.5 Å². The van der Waals surface area contributed by atoms with Gasteiger partial charge < -0.3 is 29.7 Å². The molecule has 0 spiro atoms. The second-order valence-electron chi connectivity index (χ2n) is 10.5. The van der Waals surface area contributed by atoms with Crippen molar-refractivity contribution < 1.29 is 33.2 Å². The summed E-state index contributed by atoms with van der Waals surface area (Å²) in [7, 11) is -2.87. The molecule has 0 amide bonds. The highest BCUT2D eigenvalue weighted by Crippen LogP contribution is 2.27. The van der Waals surface area contributed by atoms with Gasteiger partial charge in [0.15, 0.2) is 11.2 Å². The number of hydrogen-bond acceptors (Lipinski definition) is 11. The number of aliphatic hydroxyl groups is 3. The van der Waals surface area contributed by atoms with E-state index in [1.165, 1.54) is 49.0 Å². The van der Waals surface area contributed by atoms with Gasteiger partial charge in [-0.15, -0.1) is 5.10 Å². The number of methoxy groups -OCH3 is 1. The van der Waals surface area contributed by atoms with Crippen LogP contribution in [0.3, 0.4) is 0 Å². The molecule has 224 valence electrons. The summed E-state index contributed by atoms with van der Waals surface area (Å²) in [5.41, 5.74) is 2.00. The van der Waals surface area contributed by atoms with E-state index >= 15 is 0 Å². The van der Waals surface area contributed by atoms with Gasteiger partial charge in [-0.3, -0.25) is 0 Å². The molecular formula is C28H34N6O7S. The molecule has 2 aromatic carbocycles. The molecule has 2 aliphatic rings. The Morgan fingerprint density at radius 2 is 1.86 bits per heavy atom. The van der Waals surface area contributed by atoms with Gasteiger partial charge in [0, 0.05) is 32.1 Å². The van der Waals surface area contributed by atoms with Crippen molar-refractivity contribution in [1.82, 2.24) is 19.7 Å². The molecule has 0 radical (unpaired) electrons. The van der Waals surface area contributed by atoms with Crippen LogP contribution in [0.5, 0.6) is 0 Å². The summed E-state index contributed by atoms with van der Waals surface area (Å²) in [6, 6.07) is 13.5. The van der Waals surface area contributed by atoms with Crippen LogP contribution in [0.25, 0.3) is 16.8 Å². The number of nitrogens with zero attached hydrogens (tertiary/aromatic N) is 5. The lowest BCUT2D eigenvalue weighted by Crippen LogP contribution is -2.58. The standard InChI is InChI=1S/C28H34N6O7S/c1-40-28-27(37)26(36)25(35)24(41-28)17-34-16-21(31-32-34)15-30-42(38,39)23(14-29)12-18-5-6-20-13-22(8-7-19(20)11-18)33-9-3-2-4-10-33/h5-8,11-13,16,24-28,30,35-37H,2-4,9-10,15,17H2,1H3/b23-12+/t24-,25-,26+,27-,28+/m1/s1. The normalized spacial score (nSPS) is 25.5. The number of allylic oxidation sites excluding steroid dienone is 1. The minimum absolute atomic E-state index is 0.0462. The maximum atomic E-state index is 12.9. The SMILES string of the molecule is CO[C@H]1O[C@H](Cn2cc(CNS(=O)(=O)/C(C#N)=C/c3ccc4cc(N5CCCCC5)ccc4c3)nn2)[C@@H](O)[C@H](O)[C@H]1O. The summed E-state index contributed by atoms with van der Waals surface area (Å²) >= 11 is 0. The Hall–Kier alpha value is -3.42. The summed E-state index contributed by atoms with van der Waals surface area (Å²) in [6.07, 6.45) is -0.0299. The number of rotatable bonds is 9. The maximum Gasteiger partial charge on any atom is 0.251 e. The number of aromatic nitrogens is 3. The van der Waals surface area contributed by atoms with E-state index < -0.39 is 45.6 Å². The van der Waals surface area contributed by atoms with Gasteiger partial charge in [-0.1, -0.05) is 23.4 Å². The van der Waals surface area contributed by atoms with Gasteiger partial charge in [-0.05, 0) is 59.9 Å². The summed E-state index contributed by atoms with van der Waals surface area (Å²) in [6.45, 7) is 1.80. The molecule has 0 bridgehead atoms. The first kappa shape index (κ1) is 30.1. The molecule has 1 aromatic heterocycles. The highest BCUT2D eigenvalue weighted by atomic mass is 32.2. The minimum Gasteiger partial charge on any atom is -0.388 e. The first-order valence-electron chi connectivity index (χ1n) is 13.7. The number of aliphatic hydroxyl groups excluding tert-OH is 3. The lowest BCUT2D eigenvalue weighted by molar-refractivity contribution is -0.292. The van der Waals surface area contributed by atoms with E-state index in [1.807, 2.05) is 18.2 Å². The molecule has 0 saturated carbocycles. The zero-order valence-electron chi connectivity index (χ0n) is 23.1. The van der Waals surface area contributed by atoms with Crippen LogP contribution >= 0.6 is 0 Å². The molecule has 5 atom stereocenters. The molecule has 0 unspecified atom stereocenters. The van der Waals surface area contributed by atoms with Crippen molar-refractivity contribution in [2.45, 2.75) is 63.1 Å². The van der Waals surface area contributed by atoms with Crippen LogP contribution in [0.1, 0.15) is 30.5 Å². The Morgan fingerprint density at radius 3 is 2.60 bits per heavy atom. The van der Waals surface area contributed by atoms with Gasteiger partial charge in [-0.25, -0.2) is 17.8 Å². The lowest BCUT2D eigenvalue weighted by Gasteiger charge is -2.39. The van der Waals surface area contributed by atoms with Crippen LogP contribution in [0.15, 0.2) is 47.5 Å². The molecule has 0 aliphatic carbocycles. The Labute approximate surface area is 243 Å². The van der Waals surface area contributed by atoms with E-state index in [0.717, 1.165) is 23.9 Å². The third kappa shape index (κ3) is 6.63. The van der Waals surface area contributed by atoms with Gasteiger partial charge in [0.2, 0.25) is 0 Å². The molecule has 2 saturated heterocycles. The predicted octanol–water partition coefficient (Wildman–Crippen LogP) is 0.860. The molecule has 2 fully saturated rings. The fraction of sp³-hybridized carbons (Fsp3) is 0.464. The van der Waals surface area contributed by atoms with Crippen molar-refractivity contribution >= 4 is 32.6 Å². The van der Waals surface area contributed by atoms with Gasteiger partial charge in [0.05, 0.1) is 18.8 Å². The van der Waals surface area contributed by atoms with Crippen molar-refractivity contribution in [3.63, 3.8) is 0 Å². The molecular weight excluding hydrogens is 564 g/mol. The average molecular weight is 599 g/mol. The van der Waals surface area contributed by atoms with Crippen molar-refractivity contribution in [1.29, 1.82) is 5.26 Å². The zero-order chi connectivity index (χ0) is 29.9. The fourth-order valence-electron chi connectivity index (χ4n) is 5.21. The highest BCUT2D eigenvalue weighted by Gasteiger charge is 2.44. The van der Waals surface area contributed by atoms with Crippen LogP contribution in [0, 0.1) is 11.3 Å². The third-order valence-electron chi connectivity index (χ3n) is 7.56. The van der Waals surface area contributed by atoms with Crippen LogP contribution in [-0.4, -0.2) is 89.6 Å². The van der Waals surface area contributed by atoms with E-state index in [9.17, 15) is 29.0 Å². The van der Waals surface area contributed by atoms with E-state index in [-0.39, 0.29) is 18.8 Å². The second-order valence-corrected chi connectivity index (χ2v) is 12.2. The van der Waals surface area contributed by atoms with Gasteiger partial charge in [-0.2, -0.15) is 5.26 Å². The van der Waals surface area contributed by atoms with E-state index in [1.54, 1.807) is 12.1 Å². The van der Waals surface area contributed by atoms with Gasteiger partial charge in [0.25, 0.3) is 10.0 Å². The van der Waals surface area contributed by atoms with E-state index in [2.05, 4.69) is 32.1 Å². The fourth-order valence-corrected chi connectivity index (χ4v) is 6.12. The van der Waals surface area contributed by atoms with Crippen LogP contribution in [0.4, 0.5) is 5.69 Å². The summed E-state index contributed by atoms with van der Waals surface area (Å²) in [5, 5.41) is 49.7. The number of hydrogen-bond donors (Lipinski definition) is 4. The molecule has 3 aromatic rings. The molecule has 14 heteroatoms. The van der Waals surface area contributed by atoms with E-state index in [0.29, 0.717) is 5.56 Å². The van der Waals surface area contributed by atoms with Crippen LogP contribution < -0.4 is 9.62 Å². The molecule has 5 rings (SSSR count). The molecule has 13 nitrogen and oxygen atoms in total. The van der Waals surface area contributed by atoms with Crippen molar-refractivity contribution in [2.75, 3.05) is 25.1 Å². The van der Waals surface area contributed by atoms with Crippen molar-refractivity contribution in [3.8, 4) is 6.07 Å². The van der Waals surface area contributed by atoms with E-state index in [4.69, 9.17) is 9.47 Å². The van der Waals surface area contributed by atoms with Crippen LogP contribution in [-0.2, 0) is 32.6 Å². The topological polar surface area (TPSA) is 183 Å². The minimum atomic E-state index is -4.17. The first-order chi connectivity index (χ1) is 20.2. The maximum absolute atomic E-state index is 12.9. The highest BCUT2D eigenvalue weighted by molar-refractivity contribution is 7.93. The van der Waals surface area contributed by atoms with Crippen molar-refractivity contribution in [3.05, 3.63) is 58.8 Å². The summed E-state index contributed by atoms with van der Waals surface area (Å²) < 4.78 is 40.1. The number of ether oxygens (including phenoxy) is 2. The number of nitrogens with one attached hydrogen (secondary N) is 1. The van der Waals surface area contributed by atoms with Crippen LogP contribution in [0.2, 0.25) is 0 Å². The largest absolute Gasteiger partial charge is 0.388 e. The first-order valence-corrected chi connectivity index (χ1v) is 15.2. The Morgan fingerprint density at radius 1 is 1.12 bits per heavy atom. The second kappa shape index (κ2) is 12.8. The van der Waals surface area contributed by atoms with Gasteiger partial charge >= 0.3 is 0 Å². The number of anilines is 1. The Balaban J connectivity index is 1.23. The molecule has 3 heterocycles. The smallest absolute Gasteiger partial charge is 0.251 e. The summed E-state index contributed by atoms with van der Waals surface area (Å²) in [5.74, 6) is 0.